The van der Waals surface area contributed by atoms with Crippen LogP contribution in [0.5, 0.6) is 0 Å². The normalized spacial score (nSPS) is 25.6. The van der Waals surface area contributed by atoms with E-state index in [1.54, 1.807) is 0 Å². The van der Waals surface area contributed by atoms with Crippen molar-refractivity contribution < 1.29 is 4.74 Å². The summed E-state index contributed by atoms with van der Waals surface area (Å²) in [6, 6.07) is 2.46. The van der Waals surface area contributed by atoms with E-state index in [1.165, 1.54) is 11.1 Å². The maximum absolute atomic E-state index is 6.27. The first-order valence-electron chi connectivity index (χ1n) is 7.61. The molecule has 1 aromatic rings. The van der Waals surface area contributed by atoms with Crippen molar-refractivity contribution in [2.75, 3.05) is 7.05 Å². The van der Waals surface area contributed by atoms with Gasteiger partial charge in [0.25, 0.3) is 0 Å². The number of rotatable bonds is 4. The van der Waals surface area contributed by atoms with E-state index < -0.39 is 0 Å². The Morgan fingerprint density at radius 3 is 2.60 bits per heavy atom. The van der Waals surface area contributed by atoms with Crippen molar-refractivity contribution in [3.05, 3.63) is 29.6 Å². The van der Waals surface area contributed by atoms with Gasteiger partial charge in [-0.15, -0.1) is 0 Å². The van der Waals surface area contributed by atoms with Gasteiger partial charge in [0.05, 0.1) is 11.2 Å². The molecule has 0 amide bonds. The Balaban J connectivity index is 2.38. The van der Waals surface area contributed by atoms with Crippen molar-refractivity contribution in [1.29, 1.82) is 0 Å². The van der Waals surface area contributed by atoms with Gasteiger partial charge >= 0.3 is 0 Å². The Morgan fingerprint density at radius 2 is 2.10 bits per heavy atom. The van der Waals surface area contributed by atoms with Gasteiger partial charge in [-0.3, -0.25) is 4.98 Å². The predicted octanol–water partition coefficient (Wildman–Crippen LogP) is 3.50. The van der Waals surface area contributed by atoms with Crippen molar-refractivity contribution in [1.82, 2.24) is 10.3 Å². The first-order valence-corrected chi connectivity index (χ1v) is 7.61. The predicted molar refractivity (Wildman–Crippen MR) is 82.8 cm³/mol. The van der Waals surface area contributed by atoms with E-state index in [0.717, 1.165) is 12.8 Å². The van der Waals surface area contributed by atoms with Gasteiger partial charge in [-0.1, -0.05) is 6.92 Å². The molecule has 112 valence electrons. The molecular weight excluding hydrogens is 248 g/mol. The van der Waals surface area contributed by atoms with Crippen molar-refractivity contribution in [3.8, 4) is 0 Å². The van der Waals surface area contributed by atoms with Crippen LogP contribution in [0.4, 0.5) is 0 Å². The summed E-state index contributed by atoms with van der Waals surface area (Å²) in [6.07, 6.45) is 5.97. The summed E-state index contributed by atoms with van der Waals surface area (Å²) in [5, 5.41) is 3.52. The first kappa shape index (κ1) is 15.5. The lowest BCUT2D eigenvalue weighted by atomic mass is 9.78. The monoisotopic (exact) mass is 276 g/mol. The average molecular weight is 276 g/mol. The van der Waals surface area contributed by atoms with Crippen molar-refractivity contribution in [3.63, 3.8) is 0 Å². The van der Waals surface area contributed by atoms with Crippen LogP contribution in [0.25, 0.3) is 0 Å². The van der Waals surface area contributed by atoms with Gasteiger partial charge in [-0.05, 0) is 64.8 Å². The third kappa shape index (κ3) is 2.89. The molecule has 1 N–H and O–H groups in total. The van der Waals surface area contributed by atoms with Crippen molar-refractivity contribution in [2.45, 2.75) is 64.7 Å². The molecule has 20 heavy (non-hydrogen) atoms. The van der Waals surface area contributed by atoms with Gasteiger partial charge in [-0.25, -0.2) is 0 Å². The molecule has 0 spiro atoms. The molecule has 0 aliphatic carbocycles. The van der Waals surface area contributed by atoms with E-state index in [1.807, 2.05) is 19.4 Å². The van der Waals surface area contributed by atoms with Gasteiger partial charge in [0.2, 0.25) is 0 Å². The molecule has 2 unspecified atom stereocenters. The standard InChI is InChI=1S/C17H28N2O/c1-7-12-11-19-9-8-13(12)15(18-6)14-10-16(2,3)20-17(14,4)5/h8-9,11,14-15,18H,7,10H2,1-6H3. The molecule has 1 aliphatic rings. The van der Waals surface area contributed by atoms with Crippen LogP contribution in [0.15, 0.2) is 18.5 Å². The van der Waals surface area contributed by atoms with Gasteiger partial charge in [0.15, 0.2) is 0 Å². The van der Waals surface area contributed by atoms with Crippen molar-refractivity contribution in [2.24, 2.45) is 5.92 Å². The van der Waals surface area contributed by atoms with Crippen LogP contribution >= 0.6 is 0 Å². The molecule has 0 bridgehead atoms. The number of hydrogen-bond donors (Lipinski definition) is 1. The summed E-state index contributed by atoms with van der Waals surface area (Å²) >= 11 is 0. The molecule has 3 heteroatoms. The molecule has 2 heterocycles. The second kappa shape index (κ2) is 5.45. The lowest BCUT2D eigenvalue weighted by Gasteiger charge is -2.34. The number of nitrogens with zero attached hydrogens (tertiary/aromatic N) is 1. The van der Waals surface area contributed by atoms with Gasteiger partial charge in [0, 0.05) is 24.4 Å². The molecule has 2 rings (SSSR count). The minimum absolute atomic E-state index is 0.0529. The van der Waals surface area contributed by atoms with Gasteiger partial charge in [0.1, 0.15) is 0 Å². The Labute approximate surface area is 123 Å². The van der Waals surface area contributed by atoms with E-state index >= 15 is 0 Å². The highest BCUT2D eigenvalue weighted by molar-refractivity contribution is 5.28. The fourth-order valence-electron chi connectivity index (χ4n) is 3.73. The van der Waals surface area contributed by atoms with E-state index in [0.29, 0.717) is 12.0 Å². The second-order valence-corrected chi connectivity index (χ2v) is 6.97. The Kier molecular flexibility index (Phi) is 4.22. The average Bonchev–Trinajstić information content (AvgIpc) is 2.59. The summed E-state index contributed by atoms with van der Waals surface area (Å²) in [4.78, 5) is 4.27. The lowest BCUT2D eigenvalue weighted by Crippen LogP contribution is -2.37. The zero-order valence-electron chi connectivity index (χ0n) is 13.7. The maximum Gasteiger partial charge on any atom is 0.0681 e. The fraction of sp³-hybridized carbons (Fsp3) is 0.706. The number of pyridine rings is 1. The van der Waals surface area contributed by atoms with Crippen LogP contribution in [0.1, 0.15) is 58.2 Å². The molecule has 0 radical (unpaired) electrons. The fourth-order valence-corrected chi connectivity index (χ4v) is 3.73. The van der Waals surface area contributed by atoms with E-state index in [4.69, 9.17) is 4.74 Å². The Morgan fingerprint density at radius 1 is 1.40 bits per heavy atom. The van der Waals surface area contributed by atoms with E-state index in [9.17, 15) is 0 Å². The molecule has 1 saturated heterocycles. The number of nitrogens with one attached hydrogen (secondary N) is 1. The summed E-state index contributed by atoms with van der Waals surface area (Å²) < 4.78 is 6.27. The molecular formula is C17H28N2O. The SMILES string of the molecule is CCc1cnccc1C(NC)C1CC(C)(C)OC1(C)C. The van der Waals surface area contributed by atoms with Crippen molar-refractivity contribution >= 4 is 0 Å². The molecule has 3 nitrogen and oxygen atoms in total. The molecule has 0 aromatic carbocycles. The number of ether oxygens (including phenoxy) is 1. The third-order valence-corrected chi connectivity index (χ3v) is 4.51. The summed E-state index contributed by atoms with van der Waals surface area (Å²) in [7, 11) is 2.05. The molecule has 1 aliphatic heterocycles. The quantitative estimate of drug-likeness (QED) is 0.914. The minimum atomic E-state index is -0.120. The minimum Gasteiger partial charge on any atom is -0.369 e. The van der Waals surface area contributed by atoms with Gasteiger partial charge in [-0.2, -0.15) is 0 Å². The van der Waals surface area contributed by atoms with Gasteiger partial charge < -0.3 is 10.1 Å². The molecule has 1 fully saturated rings. The smallest absolute Gasteiger partial charge is 0.0681 e. The summed E-state index contributed by atoms with van der Waals surface area (Å²) in [5.74, 6) is 0.454. The highest BCUT2D eigenvalue weighted by Crippen LogP contribution is 2.47. The molecule has 2 atom stereocenters. The summed E-state index contributed by atoms with van der Waals surface area (Å²) in [6.45, 7) is 11.0. The lowest BCUT2D eigenvalue weighted by molar-refractivity contribution is -0.0777. The number of aryl methyl sites for hydroxylation is 1. The van der Waals surface area contributed by atoms with Crippen LogP contribution in [-0.4, -0.2) is 23.2 Å². The summed E-state index contributed by atoms with van der Waals surface area (Å²) in [5.41, 5.74) is 2.52. The second-order valence-electron chi connectivity index (χ2n) is 6.97. The molecule has 1 aromatic heterocycles. The van der Waals surface area contributed by atoms with Crippen LogP contribution in [0, 0.1) is 5.92 Å². The largest absolute Gasteiger partial charge is 0.369 e. The van der Waals surface area contributed by atoms with Crippen LogP contribution in [-0.2, 0) is 11.2 Å². The number of hydrogen-bond acceptors (Lipinski definition) is 3. The maximum atomic E-state index is 6.27. The van der Waals surface area contributed by atoms with Crippen LogP contribution in [0.3, 0.4) is 0 Å². The topological polar surface area (TPSA) is 34.2 Å². The Hall–Kier alpha value is -0.930. The Bertz CT molecular complexity index is 468. The van der Waals surface area contributed by atoms with E-state index in [2.05, 4.69) is 51.0 Å². The zero-order chi connectivity index (χ0) is 15.0. The zero-order valence-corrected chi connectivity index (χ0v) is 13.7. The van der Waals surface area contributed by atoms with E-state index in [-0.39, 0.29) is 11.2 Å². The molecule has 0 saturated carbocycles. The van der Waals surface area contributed by atoms with Crippen LogP contribution < -0.4 is 5.32 Å². The number of aromatic nitrogens is 1. The van der Waals surface area contributed by atoms with Crippen LogP contribution in [0.2, 0.25) is 0 Å². The highest BCUT2D eigenvalue weighted by Gasteiger charge is 2.49. The first-order chi connectivity index (χ1) is 9.30. The highest BCUT2D eigenvalue weighted by atomic mass is 16.5. The third-order valence-electron chi connectivity index (χ3n) is 4.51.